The maximum absolute atomic E-state index is 12.2. The lowest BCUT2D eigenvalue weighted by molar-refractivity contribution is 0.0177. The molecule has 180 valence electrons. The Bertz CT molecular complexity index is 730. The number of carbonyl (C=O) groups is 1. The van der Waals surface area contributed by atoms with E-state index < -0.39 is 11.7 Å². The standard InChI is InChI=1S/C26H43N3O3/c1-20(2)24(30)22-7-6-8-23(19-22)28-17-15-27(16-18-28)12-9-21-10-13-29(14-11-21)25(31)32-26(3,4)5/h6-8,19-21,24,30H,9-18H2,1-5H3. The average Bonchev–Trinajstić information content (AvgIpc) is 2.76. The van der Waals surface area contributed by atoms with E-state index >= 15 is 0 Å². The molecule has 0 saturated carbocycles. The highest BCUT2D eigenvalue weighted by molar-refractivity contribution is 5.68. The van der Waals surface area contributed by atoms with Crippen LogP contribution in [0.1, 0.15) is 65.5 Å². The first-order chi connectivity index (χ1) is 15.1. The summed E-state index contributed by atoms with van der Waals surface area (Å²) in [5, 5.41) is 10.4. The third-order valence-corrected chi connectivity index (χ3v) is 6.70. The summed E-state index contributed by atoms with van der Waals surface area (Å²) < 4.78 is 5.51. The lowest BCUT2D eigenvalue weighted by Crippen LogP contribution is -2.47. The number of hydrogen-bond donors (Lipinski definition) is 1. The second-order valence-corrected chi connectivity index (χ2v) is 10.8. The Morgan fingerprint density at radius 3 is 2.34 bits per heavy atom. The molecule has 2 fully saturated rings. The minimum atomic E-state index is -0.425. The van der Waals surface area contributed by atoms with Crippen molar-refractivity contribution in [1.29, 1.82) is 0 Å². The molecular weight excluding hydrogens is 402 g/mol. The highest BCUT2D eigenvalue weighted by atomic mass is 16.6. The summed E-state index contributed by atoms with van der Waals surface area (Å²) in [6.45, 7) is 16.8. The van der Waals surface area contributed by atoms with E-state index in [2.05, 4.69) is 41.8 Å². The molecule has 6 nitrogen and oxygen atoms in total. The fourth-order valence-corrected chi connectivity index (χ4v) is 4.62. The number of rotatable bonds is 6. The molecule has 2 heterocycles. The normalized spacial score (nSPS) is 20.0. The summed E-state index contributed by atoms with van der Waals surface area (Å²) >= 11 is 0. The molecule has 1 aromatic carbocycles. The number of nitrogens with zero attached hydrogens (tertiary/aromatic N) is 3. The smallest absolute Gasteiger partial charge is 0.410 e. The van der Waals surface area contributed by atoms with Crippen LogP contribution in [0.5, 0.6) is 0 Å². The van der Waals surface area contributed by atoms with Gasteiger partial charge in [0.2, 0.25) is 0 Å². The Morgan fingerprint density at radius 2 is 1.75 bits per heavy atom. The van der Waals surface area contributed by atoms with E-state index in [0.29, 0.717) is 5.92 Å². The number of hydrogen-bond acceptors (Lipinski definition) is 5. The largest absolute Gasteiger partial charge is 0.444 e. The summed E-state index contributed by atoms with van der Waals surface area (Å²) in [4.78, 5) is 19.1. The number of aliphatic hydroxyl groups is 1. The molecular formula is C26H43N3O3. The fourth-order valence-electron chi connectivity index (χ4n) is 4.62. The molecule has 2 aliphatic rings. The molecule has 1 unspecified atom stereocenters. The first-order valence-electron chi connectivity index (χ1n) is 12.4. The van der Waals surface area contributed by atoms with E-state index in [4.69, 9.17) is 4.74 Å². The van der Waals surface area contributed by atoms with E-state index in [1.807, 2.05) is 31.7 Å². The van der Waals surface area contributed by atoms with Crippen molar-refractivity contribution in [1.82, 2.24) is 9.80 Å². The molecule has 0 aliphatic carbocycles. The number of carbonyl (C=O) groups excluding carboxylic acids is 1. The van der Waals surface area contributed by atoms with Crippen molar-refractivity contribution < 1.29 is 14.6 Å². The first-order valence-corrected chi connectivity index (χ1v) is 12.4. The molecule has 32 heavy (non-hydrogen) atoms. The van der Waals surface area contributed by atoms with Gasteiger partial charge in [0.25, 0.3) is 0 Å². The van der Waals surface area contributed by atoms with Gasteiger partial charge in [0, 0.05) is 45.0 Å². The molecule has 2 saturated heterocycles. The molecule has 0 spiro atoms. The highest BCUT2D eigenvalue weighted by Crippen LogP contribution is 2.27. The Labute approximate surface area is 194 Å². The van der Waals surface area contributed by atoms with E-state index in [9.17, 15) is 9.90 Å². The van der Waals surface area contributed by atoms with E-state index in [1.54, 1.807) is 0 Å². The van der Waals surface area contributed by atoms with Crippen molar-refractivity contribution in [3.63, 3.8) is 0 Å². The molecule has 0 bridgehead atoms. The van der Waals surface area contributed by atoms with Crippen LogP contribution in [-0.2, 0) is 4.74 Å². The number of aliphatic hydroxyl groups excluding tert-OH is 1. The summed E-state index contributed by atoms with van der Waals surface area (Å²) in [5.41, 5.74) is 1.81. The third-order valence-electron chi connectivity index (χ3n) is 6.70. The van der Waals surface area contributed by atoms with Crippen LogP contribution in [0.2, 0.25) is 0 Å². The van der Waals surface area contributed by atoms with Crippen LogP contribution >= 0.6 is 0 Å². The maximum Gasteiger partial charge on any atom is 0.410 e. The van der Waals surface area contributed by atoms with Gasteiger partial charge in [-0.3, -0.25) is 4.90 Å². The lowest BCUT2D eigenvalue weighted by atomic mass is 9.93. The summed E-state index contributed by atoms with van der Waals surface area (Å²) in [6.07, 6.45) is 2.78. The molecule has 1 amide bonds. The molecule has 3 rings (SSSR count). The zero-order valence-corrected chi connectivity index (χ0v) is 20.7. The third kappa shape index (κ3) is 7.11. The quantitative estimate of drug-likeness (QED) is 0.697. The van der Waals surface area contributed by atoms with Crippen LogP contribution < -0.4 is 4.90 Å². The topological polar surface area (TPSA) is 56.2 Å². The van der Waals surface area contributed by atoms with Gasteiger partial charge >= 0.3 is 6.09 Å². The van der Waals surface area contributed by atoms with E-state index in [0.717, 1.165) is 64.2 Å². The Balaban J connectivity index is 1.38. The predicted molar refractivity (Wildman–Crippen MR) is 130 cm³/mol. The van der Waals surface area contributed by atoms with Crippen LogP contribution in [0.25, 0.3) is 0 Å². The summed E-state index contributed by atoms with van der Waals surface area (Å²) in [5.74, 6) is 0.916. The molecule has 2 aliphatic heterocycles. The van der Waals surface area contributed by atoms with Crippen molar-refractivity contribution in [2.75, 3.05) is 50.7 Å². The zero-order chi connectivity index (χ0) is 23.3. The highest BCUT2D eigenvalue weighted by Gasteiger charge is 2.27. The van der Waals surface area contributed by atoms with E-state index in [-0.39, 0.29) is 12.0 Å². The Kier molecular flexibility index (Phi) is 8.45. The van der Waals surface area contributed by atoms with Crippen molar-refractivity contribution in [3.05, 3.63) is 29.8 Å². The second kappa shape index (κ2) is 10.9. The SMILES string of the molecule is CC(C)C(O)c1cccc(N2CCN(CCC3CCN(C(=O)OC(C)(C)C)CC3)CC2)c1. The minimum absolute atomic E-state index is 0.169. The van der Waals surface area contributed by atoms with Gasteiger partial charge in [-0.25, -0.2) is 4.79 Å². The van der Waals surface area contributed by atoms with Crippen LogP contribution in [0.4, 0.5) is 10.5 Å². The number of piperidine rings is 1. The van der Waals surface area contributed by atoms with Gasteiger partial charge in [0.15, 0.2) is 0 Å². The van der Waals surface area contributed by atoms with Gasteiger partial charge < -0.3 is 19.6 Å². The van der Waals surface area contributed by atoms with Crippen molar-refractivity contribution in [2.45, 2.75) is 65.6 Å². The van der Waals surface area contributed by atoms with Gasteiger partial charge in [-0.05, 0) is 76.1 Å². The van der Waals surface area contributed by atoms with Crippen LogP contribution in [0.15, 0.2) is 24.3 Å². The number of amides is 1. The van der Waals surface area contributed by atoms with Crippen molar-refractivity contribution >= 4 is 11.8 Å². The molecule has 1 aromatic rings. The average molecular weight is 446 g/mol. The van der Waals surface area contributed by atoms with Crippen molar-refractivity contribution in [3.8, 4) is 0 Å². The Hall–Kier alpha value is -1.79. The van der Waals surface area contributed by atoms with Crippen LogP contribution in [-0.4, -0.2) is 72.4 Å². The number of piperazine rings is 1. The minimum Gasteiger partial charge on any atom is -0.444 e. The van der Waals surface area contributed by atoms with Gasteiger partial charge in [-0.15, -0.1) is 0 Å². The predicted octanol–water partition coefficient (Wildman–Crippen LogP) is 4.54. The number of ether oxygens (including phenoxy) is 1. The van der Waals surface area contributed by atoms with Crippen molar-refractivity contribution in [2.24, 2.45) is 11.8 Å². The lowest BCUT2D eigenvalue weighted by Gasteiger charge is -2.38. The number of benzene rings is 1. The molecule has 1 atom stereocenters. The van der Waals surface area contributed by atoms with Gasteiger partial charge in [-0.2, -0.15) is 0 Å². The molecule has 1 N–H and O–H groups in total. The number of anilines is 1. The molecule has 0 aromatic heterocycles. The fraction of sp³-hybridized carbons (Fsp3) is 0.731. The maximum atomic E-state index is 12.2. The van der Waals surface area contributed by atoms with Gasteiger partial charge in [-0.1, -0.05) is 26.0 Å². The van der Waals surface area contributed by atoms with E-state index in [1.165, 1.54) is 12.1 Å². The number of likely N-dealkylation sites (tertiary alicyclic amines) is 1. The zero-order valence-electron chi connectivity index (χ0n) is 20.7. The molecule has 0 radical (unpaired) electrons. The summed E-state index contributed by atoms with van der Waals surface area (Å²) in [7, 11) is 0. The monoisotopic (exact) mass is 445 g/mol. The molecule has 6 heteroatoms. The van der Waals surface area contributed by atoms with Gasteiger partial charge in [0.1, 0.15) is 5.60 Å². The summed E-state index contributed by atoms with van der Waals surface area (Å²) in [6, 6.07) is 8.40. The Morgan fingerprint density at radius 1 is 1.09 bits per heavy atom. The first kappa shape index (κ1) is 24.8. The van der Waals surface area contributed by atoms with Crippen LogP contribution in [0.3, 0.4) is 0 Å². The van der Waals surface area contributed by atoms with Gasteiger partial charge in [0.05, 0.1) is 6.10 Å². The van der Waals surface area contributed by atoms with Crippen LogP contribution in [0, 0.1) is 11.8 Å². The second-order valence-electron chi connectivity index (χ2n) is 10.8.